The van der Waals surface area contributed by atoms with Gasteiger partial charge in [0.1, 0.15) is 12.4 Å². The van der Waals surface area contributed by atoms with Gasteiger partial charge in [-0.2, -0.15) is 0 Å². The topological polar surface area (TPSA) is 24.8 Å². The zero-order valence-electron chi connectivity index (χ0n) is 7.58. The van der Waals surface area contributed by atoms with Gasteiger partial charge in [0.15, 0.2) is 0 Å². The molecular formula is C9H14N2O. The van der Waals surface area contributed by atoms with Gasteiger partial charge in [-0.1, -0.05) is 0 Å². The standard InChI is InChI=1S/C9H14N2O/c1-8-9(4-5-10-2)12-7-6-11(8)3/h4-5H,2,6-7H2,1,3H3/b5-4-. The van der Waals surface area contributed by atoms with Gasteiger partial charge >= 0.3 is 0 Å². The summed E-state index contributed by atoms with van der Waals surface area (Å²) in [7, 11) is 2.05. The molecule has 0 aromatic carbocycles. The molecule has 0 aromatic rings. The van der Waals surface area contributed by atoms with Gasteiger partial charge in [0.05, 0.1) is 12.2 Å². The second-order valence-corrected chi connectivity index (χ2v) is 2.72. The van der Waals surface area contributed by atoms with Gasteiger partial charge in [0.25, 0.3) is 0 Å². The van der Waals surface area contributed by atoms with Gasteiger partial charge in [0.2, 0.25) is 0 Å². The number of aliphatic imine (C=N–C) groups is 1. The van der Waals surface area contributed by atoms with Crippen LogP contribution in [-0.4, -0.2) is 31.8 Å². The monoisotopic (exact) mass is 166 g/mol. The molecule has 0 aromatic heterocycles. The molecule has 1 aliphatic rings. The minimum Gasteiger partial charge on any atom is -0.490 e. The van der Waals surface area contributed by atoms with Crippen LogP contribution in [0.4, 0.5) is 0 Å². The molecule has 3 heteroatoms. The summed E-state index contributed by atoms with van der Waals surface area (Å²) >= 11 is 0. The molecule has 0 fully saturated rings. The normalized spacial score (nSPS) is 18.3. The van der Waals surface area contributed by atoms with Gasteiger partial charge in [0, 0.05) is 19.3 Å². The van der Waals surface area contributed by atoms with Gasteiger partial charge in [-0.05, 0) is 13.6 Å². The first-order chi connectivity index (χ1) is 5.75. The maximum absolute atomic E-state index is 5.43. The lowest BCUT2D eigenvalue weighted by atomic mass is 10.3. The summed E-state index contributed by atoms with van der Waals surface area (Å²) in [5, 5.41) is 0. The summed E-state index contributed by atoms with van der Waals surface area (Å²) < 4.78 is 5.43. The molecule has 0 N–H and O–H groups in total. The molecule has 0 saturated heterocycles. The van der Waals surface area contributed by atoms with Crippen LogP contribution in [0.3, 0.4) is 0 Å². The van der Waals surface area contributed by atoms with Gasteiger partial charge < -0.3 is 9.64 Å². The molecule has 66 valence electrons. The van der Waals surface area contributed by atoms with Gasteiger partial charge in [-0.3, -0.25) is 4.99 Å². The average Bonchev–Trinajstić information content (AvgIpc) is 2.08. The Bertz CT molecular complexity index is 231. The smallest absolute Gasteiger partial charge is 0.139 e. The second-order valence-electron chi connectivity index (χ2n) is 2.72. The molecule has 1 rings (SSSR count). The van der Waals surface area contributed by atoms with Gasteiger partial charge in [-0.15, -0.1) is 0 Å². The quantitative estimate of drug-likeness (QED) is 0.579. The number of hydrogen-bond acceptors (Lipinski definition) is 3. The van der Waals surface area contributed by atoms with Crippen molar-refractivity contribution in [2.45, 2.75) is 6.92 Å². The Labute approximate surface area is 73.0 Å². The van der Waals surface area contributed by atoms with Crippen LogP contribution in [-0.2, 0) is 4.74 Å². The fourth-order valence-electron chi connectivity index (χ4n) is 1.04. The van der Waals surface area contributed by atoms with E-state index in [9.17, 15) is 0 Å². The minimum absolute atomic E-state index is 0.741. The molecule has 0 bridgehead atoms. The van der Waals surface area contributed by atoms with E-state index in [4.69, 9.17) is 4.74 Å². The maximum atomic E-state index is 5.43. The van der Waals surface area contributed by atoms with E-state index in [1.807, 2.05) is 20.0 Å². The van der Waals surface area contributed by atoms with E-state index < -0.39 is 0 Å². The van der Waals surface area contributed by atoms with Crippen LogP contribution in [0.25, 0.3) is 0 Å². The summed E-state index contributed by atoms with van der Waals surface area (Å²) in [6, 6.07) is 0. The Morgan fingerprint density at radius 2 is 2.42 bits per heavy atom. The molecule has 12 heavy (non-hydrogen) atoms. The first kappa shape index (κ1) is 8.84. The third-order valence-corrected chi connectivity index (χ3v) is 1.94. The molecule has 1 heterocycles. The molecule has 0 amide bonds. The van der Waals surface area contributed by atoms with Crippen molar-refractivity contribution in [3.8, 4) is 0 Å². The second kappa shape index (κ2) is 3.95. The van der Waals surface area contributed by atoms with Crippen molar-refractivity contribution in [3.63, 3.8) is 0 Å². The van der Waals surface area contributed by atoms with Crippen LogP contribution in [0.5, 0.6) is 0 Å². The van der Waals surface area contributed by atoms with Crippen LogP contribution in [0.15, 0.2) is 28.7 Å². The van der Waals surface area contributed by atoms with Crippen molar-refractivity contribution < 1.29 is 4.74 Å². The Morgan fingerprint density at radius 3 is 3.08 bits per heavy atom. The Hall–Kier alpha value is -1.25. The van der Waals surface area contributed by atoms with Crippen molar-refractivity contribution in [2.24, 2.45) is 4.99 Å². The molecule has 0 spiro atoms. The van der Waals surface area contributed by atoms with Crippen LogP contribution in [0, 0.1) is 0 Å². The lowest BCUT2D eigenvalue weighted by Gasteiger charge is -2.27. The fraction of sp³-hybridized carbons (Fsp3) is 0.444. The van der Waals surface area contributed by atoms with Crippen molar-refractivity contribution in [1.29, 1.82) is 0 Å². The van der Waals surface area contributed by atoms with Crippen molar-refractivity contribution in [1.82, 2.24) is 4.90 Å². The highest BCUT2D eigenvalue weighted by Crippen LogP contribution is 2.15. The highest BCUT2D eigenvalue weighted by molar-refractivity contribution is 5.27. The molecule has 0 atom stereocenters. The number of ether oxygens (including phenoxy) is 1. The SMILES string of the molecule is C=N/C=C\C1=C(C)N(C)CCO1. The maximum Gasteiger partial charge on any atom is 0.139 e. The van der Waals surface area contributed by atoms with Crippen LogP contribution < -0.4 is 0 Å². The number of hydrogen-bond donors (Lipinski definition) is 0. The zero-order chi connectivity index (χ0) is 8.97. The summed E-state index contributed by atoms with van der Waals surface area (Å²) in [6.45, 7) is 7.08. The first-order valence-electron chi connectivity index (χ1n) is 3.93. The van der Waals surface area contributed by atoms with E-state index >= 15 is 0 Å². The summed E-state index contributed by atoms with van der Waals surface area (Å²) in [5.74, 6) is 0.885. The van der Waals surface area contributed by atoms with Crippen molar-refractivity contribution in [3.05, 3.63) is 23.7 Å². The largest absolute Gasteiger partial charge is 0.490 e. The third kappa shape index (κ3) is 1.87. The fourth-order valence-corrected chi connectivity index (χ4v) is 1.04. The summed E-state index contributed by atoms with van der Waals surface area (Å²) in [5.41, 5.74) is 1.14. The molecule has 0 radical (unpaired) electrons. The lowest BCUT2D eigenvalue weighted by molar-refractivity contribution is 0.153. The van der Waals surface area contributed by atoms with E-state index in [2.05, 4.69) is 16.6 Å². The molecule has 0 aliphatic carbocycles. The summed E-state index contributed by atoms with van der Waals surface area (Å²) in [6.07, 6.45) is 3.47. The number of nitrogens with zero attached hydrogens (tertiary/aromatic N) is 2. The molecule has 0 saturated carbocycles. The Balaban J connectivity index is 2.77. The van der Waals surface area contributed by atoms with E-state index in [0.717, 1.165) is 24.6 Å². The highest BCUT2D eigenvalue weighted by Gasteiger charge is 2.11. The van der Waals surface area contributed by atoms with E-state index in [0.29, 0.717) is 0 Å². The predicted molar refractivity (Wildman–Crippen MR) is 50.0 cm³/mol. The predicted octanol–water partition coefficient (Wildman–Crippen LogP) is 1.39. The van der Waals surface area contributed by atoms with Crippen molar-refractivity contribution in [2.75, 3.05) is 20.2 Å². The van der Waals surface area contributed by atoms with Crippen LogP contribution in [0.1, 0.15) is 6.92 Å². The molecule has 1 aliphatic heterocycles. The lowest BCUT2D eigenvalue weighted by Crippen LogP contribution is -2.27. The molecule has 3 nitrogen and oxygen atoms in total. The van der Waals surface area contributed by atoms with E-state index in [-0.39, 0.29) is 0 Å². The average molecular weight is 166 g/mol. The molecule has 0 unspecified atom stereocenters. The number of rotatable bonds is 2. The number of allylic oxidation sites excluding steroid dienone is 2. The third-order valence-electron chi connectivity index (χ3n) is 1.94. The van der Waals surface area contributed by atoms with E-state index in [1.54, 1.807) is 6.20 Å². The summed E-state index contributed by atoms with van der Waals surface area (Å²) in [4.78, 5) is 5.79. The molecular weight excluding hydrogens is 152 g/mol. The number of likely N-dealkylation sites (N-methyl/N-ethyl adjacent to an activating group) is 1. The van der Waals surface area contributed by atoms with E-state index in [1.165, 1.54) is 0 Å². The highest BCUT2D eigenvalue weighted by atomic mass is 16.5. The first-order valence-corrected chi connectivity index (χ1v) is 3.93. The van der Waals surface area contributed by atoms with Gasteiger partial charge in [-0.25, -0.2) is 0 Å². The zero-order valence-corrected chi connectivity index (χ0v) is 7.58. The minimum atomic E-state index is 0.741. The van der Waals surface area contributed by atoms with Crippen molar-refractivity contribution >= 4 is 6.72 Å². The Kier molecular flexibility index (Phi) is 2.91. The Morgan fingerprint density at radius 1 is 1.67 bits per heavy atom. The van der Waals surface area contributed by atoms with Crippen LogP contribution >= 0.6 is 0 Å². The van der Waals surface area contributed by atoms with Crippen LogP contribution in [0.2, 0.25) is 0 Å².